The summed E-state index contributed by atoms with van der Waals surface area (Å²) in [5, 5.41) is 4.96. The molecule has 0 saturated heterocycles. The number of benzene rings is 1. The Balaban J connectivity index is 2.01. The number of hydrogen-bond donors (Lipinski definition) is 1. The van der Waals surface area contributed by atoms with E-state index in [1.165, 1.54) is 4.88 Å². The van der Waals surface area contributed by atoms with Crippen molar-refractivity contribution in [3.8, 4) is 0 Å². The zero-order valence-electron chi connectivity index (χ0n) is 15.4. The van der Waals surface area contributed by atoms with Gasteiger partial charge in [-0.05, 0) is 50.3 Å². The molecule has 0 aliphatic carbocycles. The van der Waals surface area contributed by atoms with Crippen molar-refractivity contribution in [1.82, 2.24) is 4.57 Å². The first-order valence-electron chi connectivity index (χ1n) is 8.49. The lowest BCUT2D eigenvalue weighted by Gasteiger charge is -2.18. The van der Waals surface area contributed by atoms with E-state index >= 15 is 0 Å². The van der Waals surface area contributed by atoms with Crippen LogP contribution in [0.4, 0.5) is 5.69 Å². The number of aromatic nitrogens is 1. The molecule has 2 heterocycles. The number of thiophene rings is 1. The molecule has 3 rings (SSSR count). The van der Waals surface area contributed by atoms with E-state index in [0.29, 0.717) is 12.2 Å². The molecule has 1 N–H and O–H groups in total. The van der Waals surface area contributed by atoms with E-state index in [2.05, 4.69) is 11.4 Å². The van der Waals surface area contributed by atoms with Crippen LogP contribution in [0.25, 0.3) is 0 Å². The summed E-state index contributed by atoms with van der Waals surface area (Å²) in [6, 6.07) is 11.4. The fraction of sp³-hybridized carbons (Fsp3) is 0.238. The summed E-state index contributed by atoms with van der Waals surface area (Å²) in [6.07, 6.45) is 0. The third kappa shape index (κ3) is 3.48. The number of rotatable bonds is 4. The molecule has 1 aromatic carbocycles. The van der Waals surface area contributed by atoms with Crippen molar-refractivity contribution >= 4 is 22.9 Å². The lowest BCUT2D eigenvalue weighted by Crippen LogP contribution is -2.27. The second kappa shape index (κ2) is 7.30. The Labute approximate surface area is 157 Å². The van der Waals surface area contributed by atoms with Crippen LogP contribution in [-0.4, -0.2) is 10.5 Å². The lowest BCUT2D eigenvalue weighted by molar-refractivity contribution is 0.102. The van der Waals surface area contributed by atoms with E-state index in [1.54, 1.807) is 17.4 Å². The predicted molar refractivity (Wildman–Crippen MR) is 107 cm³/mol. The van der Waals surface area contributed by atoms with E-state index in [4.69, 9.17) is 0 Å². The fourth-order valence-corrected chi connectivity index (χ4v) is 3.88. The van der Waals surface area contributed by atoms with Gasteiger partial charge in [0.25, 0.3) is 5.91 Å². The Morgan fingerprint density at radius 1 is 1.08 bits per heavy atom. The zero-order valence-corrected chi connectivity index (χ0v) is 16.2. The van der Waals surface area contributed by atoms with Crippen molar-refractivity contribution in [2.24, 2.45) is 0 Å². The van der Waals surface area contributed by atoms with Gasteiger partial charge in [-0.15, -0.1) is 11.3 Å². The first-order valence-corrected chi connectivity index (χ1v) is 9.37. The molecule has 0 bridgehead atoms. The molecule has 0 aliphatic rings. The van der Waals surface area contributed by atoms with Gasteiger partial charge >= 0.3 is 0 Å². The number of carbonyl (C=O) groups excluding carboxylic acids is 1. The molecule has 0 atom stereocenters. The third-order valence-corrected chi connectivity index (χ3v) is 5.48. The highest BCUT2D eigenvalue weighted by Crippen LogP contribution is 2.21. The van der Waals surface area contributed by atoms with Gasteiger partial charge in [-0.2, -0.15) is 0 Å². The van der Waals surface area contributed by atoms with Gasteiger partial charge in [0.1, 0.15) is 5.56 Å². The van der Waals surface area contributed by atoms with Crippen molar-refractivity contribution in [2.75, 3.05) is 5.32 Å². The number of amides is 1. The van der Waals surface area contributed by atoms with Gasteiger partial charge in [-0.1, -0.05) is 24.3 Å². The Kier molecular flexibility index (Phi) is 5.09. The average molecular weight is 366 g/mol. The van der Waals surface area contributed by atoms with Crippen LogP contribution >= 0.6 is 11.3 Å². The maximum Gasteiger partial charge on any atom is 0.261 e. The van der Waals surface area contributed by atoms with Crippen molar-refractivity contribution in [1.29, 1.82) is 0 Å². The Hall–Kier alpha value is -2.66. The molecule has 5 heteroatoms. The Morgan fingerprint density at radius 3 is 2.38 bits per heavy atom. The zero-order chi connectivity index (χ0) is 18.8. The van der Waals surface area contributed by atoms with E-state index in [9.17, 15) is 9.59 Å². The molecule has 26 heavy (non-hydrogen) atoms. The molecule has 0 aliphatic heterocycles. The summed E-state index contributed by atoms with van der Waals surface area (Å²) in [6.45, 7) is 8.27. The van der Waals surface area contributed by atoms with Crippen LogP contribution in [0.2, 0.25) is 0 Å². The molecule has 3 aromatic rings. The van der Waals surface area contributed by atoms with Gasteiger partial charge in [0.15, 0.2) is 5.43 Å². The van der Waals surface area contributed by atoms with E-state index < -0.39 is 0 Å². The molecular formula is C21H22N2O2S. The molecule has 4 nitrogen and oxygen atoms in total. The molecule has 0 fully saturated rings. The van der Waals surface area contributed by atoms with Crippen LogP contribution < -0.4 is 10.7 Å². The van der Waals surface area contributed by atoms with Gasteiger partial charge in [-0.25, -0.2) is 0 Å². The quantitative estimate of drug-likeness (QED) is 0.742. The number of nitrogens with zero attached hydrogens (tertiary/aromatic N) is 1. The molecule has 134 valence electrons. The van der Waals surface area contributed by atoms with Crippen LogP contribution in [-0.2, 0) is 6.54 Å². The monoisotopic (exact) mass is 366 g/mol. The minimum atomic E-state index is -0.357. The third-order valence-electron chi connectivity index (χ3n) is 4.62. The number of nitrogens with one attached hydrogen (secondary N) is 1. The van der Waals surface area contributed by atoms with Gasteiger partial charge in [0, 0.05) is 28.0 Å². The summed E-state index contributed by atoms with van der Waals surface area (Å²) in [5.74, 6) is -0.357. The molecule has 0 spiro atoms. The molecule has 2 aromatic heterocycles. The van der Waals surface area contributed by atoms with E-state index in [1.807, 2.05) is 61.9 Å². The normalized spacial score (nSPS) is 10.8. The lowest BCUT2D eigenvalue weighted by atomic mass is 10.1. The number of carbonyl (C=O) groups is 1. The maximum absolute atomic E-state index is 12.9. The SMILES string of the molecule is Cc1cccc(C)c1NC(=O)c1c(C)n(Cc2cccs2)c(C)cc1=O. The van der Waals surface area contributed by atoms with Crippen LogP contribution in [0.5, 0.6) is 0 Å². The van der Waals surface area contributed by atoms with E-state index in [-0.39, 0.29) is 16.9 Å². The highest BCUT2D eigenvalue weighted by atomic mass is 32.1. The first-order chi connectivity index (χ1) is 12.4. The van der Waals surface area contributed by atoms with E-state index in [0.717, 1.165) is 22.5 Å². The van der Waals surface area contributed by atoms with Crippen LogP contribution in [0.3, 0.4) is 0 Å². The second-order valence-electron chi connectivity index (χ2n) is 6.50. The van der Waals surface area contributed by atoms with Crippen molar-refractivity contribution in [3.63, 3.8) is 0 Å². The van der Waals surface area contributed by atoms with Gasteiger partial charge < -0.3 is 9.88 Å². The Bertz CT molecular complexity index is 997. The van der Waals surface area contributed by atoms with Crippen LogP contribution in [0.15, 0.2) is 46.6 Å². The standard InChI is InChI=1S/C21H22N2O2S/c1-13-7-5-8-14(2)20(13)22-21(25)19-16(4)23(15(3)11-18(19)24)12-17-9-6-10-26-17/h5-11H,12H2,1-4H3,(H,22,25). The number of para-hydroxylation sites is 1. The minimum absolute atomic E-state index is 0.204. The number of aryl methyl sites for hydroxylation is 3. The first kappa shape index (κ1) is 18.1. The molecule has 0 unspecified atom stereocenters. The Morgan fingerprint density at radius 2 is 1.77 bits per heavy atom. The number of hydrogen-bond acceptors (Lipinski definition) is 3. The summed E-state index contributed by atoms with van der Waals surface area (Å²) in [4.78, 5) is 26.6. The van der Waals surface area contributed by atoms with Crippen molar-refractivity contribution < 1.29 is 4.79 Å². The number of pyridine rings is 1. The molecular weight excluding hydrogens is 344 g/mol. The van der Waals surface area contributed by atoms with Gasteiger partial charge in [0.2, 0.25) is 0 Å². The van der Waals surface area contributed by atoms with Gasteiger partial charge in [0.05, 0.1) is 6.54 Å². The highest BCUT2D eigenvalue weighted by molar-refractivity contribution is 7.09. The number of anilines is 1. The summed E-state index contributed by atoms with van der Waals surface area (Å²) in [5.41, 5.74) is 4.21. The average Bonchev–Trinajstić information content (AvgIpc) is 3.08. The van der Waals surface area contributed by atoms with Crippen molar-refractivity contribution in [3.05, 3.63) is 85.0 Å². The molecule has 1 amide bonds. The minimum Gasteiger partial charge on any atom is -0.343 e. The molecule has 0 radical (unpaired) electrons. The second-order valence-corrected chi connectivity index (χ2v) is 7.53. The van der Waals surface area contributed by atoms with Crippen molar-refractivity contribution in [2.45, 2.75) is 34.2 Å². The maximum atomic E-state index is 12.9. The topological polar surface area (TPSA) is 51.1 Å². The largest absolute Gasteiger partial charge is 0.343 e. The summed E-state index contributed by atoms with van der Waals surface area (Å²) in [7, 11) is 0. The summed E-state index contributed by atoms with van der Waals surface area (Å²) >= 11 is 1.66. The smallest absolute Gasteiger partial charge is 0.261 e. The molecule has 0 saturated carbocycles. The predicted octanol–water partition coefficient (Wildman–Crippen LogP) is 4.44. The van der Waals surface area contributed by atoms with Crippen LogP contribution in [0, 0.1) is 27.7 Å². The highest BCUT2D eigenvalue weighted by Gasteiger charge is 2.19. The van der Waals surface area contributed by atoms with Gasteiger partial charge in [-0.3, -0.25) is 9.59 Å². The van der Waals surface area contributed by atoms with Crippen LogP contribution in [0.1, 0.15) is 37.7 Å². The summed E-state index contributed by atoms with van der Waals surface area (Å²) < 4.78 is 2.02. The fourth-order valence-electron chi connectivity index (χ4n) is 3.18.